The summed E-state index contributed by atoms with van der Waals surface area (Å²) in [7, 11) is 1.66. The van der Waals surface area contributed by atoms with Crippen LogP contribution in [0.15, 0.2) is 36.4 Å². The van der Waals surface area contributed by atoms with Crippen molar-refractivity contribution in [2.24, 2.45) is 5.73 Å². The van der Waals surface area contributed by atoms with Gasteiger partial charge in [0, 0.05) is 5.56 Å². The van der Waals surface area contributed by atoms with Crippen LogP contribution in [0.25, 0.3) is 0 Å². The van der Waals surface area contributed by atoms with E-state index in [0.717, 1.165) is 33.8 Å². The highest BCUT2D eigenvalue weighted by atomic mass is 16.5. The van der Waals surface area contributed by atoms with Gasteiger partial charge >= 0.3 is 0 Å². The molecule has 0 spiro atoms. The molecule has 3 N–H and O–H groups in total. The number of ether oxygens (including phenoxy) is 2. The number of hydrogen-bond donors (Lipinski definition) is 2. The Morgan fingerprint density at radius 1 is 1.10 bits per heavy atom. The van der Waals surface area contributed by atoms with Crippen LogP contribution in [0, 0.1) is 19.3 Å². The normalized spacial score (nSPS) is 10.2. The first-order valence-electron chi connectivity index (χ1n) is 6.72. The van der Waals surface area contributed by atoms with Gasteiger partial charge in [-0.1, -0.05) is 6.07 Å². The molecule has 0 amide bonds. The molecule has 2 aromatic carbocycles. The van der Waals surface area contributed by atoms with Crippen molar-refractivity contribution in [2.75, 3.05) is 7.11 Å². The van der Waals surface area contributed by atoms with Gasteiger partial charge in [-0.05, 0) is 60.9 Å². The van der Waals surface area contributed by atoms with Crippen molar-refractivity contribution < 1.29 is 9.47 Å². The summed E-state index contributed by atoms with van der Waals surface area (Å²) in [4.78, 5) is 0. The van der Waals surface area contributed by atoms with Crippen LogP contribution in [0.4, 0.5) is 0 Å². The summed E-state index contributed by atoms with van der Waals surface area (Å²) in [6, 6.07) is 11.5. The molecule has 4 heteroatoms. The van der Waals surface area contributed by atoms with Crippen molar-refractivity contribution >= 4 is 5.84 Å². The van der Waals surface area contributed by atoms with Crippen LogP contribution in [0.5, 0.6) is 11.5 Å². The molecule has 0 radical (unpaired) electrons. The average molecular weight is 284 g/mol. The molecule has 110 valence electrons. The third-order valence-electron chi connectivity index (χ3n) is 3.35. The van der Waals surface area contributed by atoms with Gasteiger partial charge in [-0.2, -0.15) is 0 Å². The lowest BCUT2D eigenvalue weighted by atomic mass is 10.1. The molecule has 0 aliphatic carbocycles. The van der Waals surface area contributed by atoms with Crippen LogP contribution in [0.2, 0.25) is 0 Å². The van der Waals surface area contributed by atoms with E-state index in [-0.39, 0.29) is 5.84 Å². The predicted molar refractivity (Wildman–Crippen MR) is 84.3 cm³/mol. The quantitative estimate of drug-likeness (QED) is 0.654. The molecular formula is C17H20N2O2. The zero-order valence-corrected chi connectivity index (χ0v) is 12.6. The van der Waals surface area contributed by atoms with Crippen molar-refractivity contribution in [3.05, 3.63) is 58.7 Å². The lowest BCUT2D eigenvalue weighted by Gasteiger charge is -2.11. The lowest BCUT2D eigenvalue weighted by molar-refractivity contribution is 0.305. The molecule has 21 heavy (non-hydrogen) atoms. The van der Waals surface area contributed by atoms with E-state index in [1.54, 1.807) is 7.11 Å². The molecule has 2 rings (SSSR count). The first kappa shape index (κ1) is 14.9. The fourth-order valence-corrected chi connectivity index (χ4v) is 2.23. The van der Waals surface area contributed by atoms with E-state index in [9.17, 15) is 0 Å². The van der Waals surface area contributed by atoms with Crippen molar-refractivity contribution in [3.63, 3.8) is 0 Å². The minimum atomic E-state index is 0.0739. The van der Waals surface area contributed by atoms with Crippen LogP contribution in [0.1, 0.15) is 22.3 Å². The van der Waals surface area contributed by atoms with Crippen LogP contribution < -0.4 is 15.2 Å². The Labute approximate surface area is 125 Å². The topological polar surface area (TPSA) is 68.3 Å². The fraction of sp³-hybridized carbons (Fsp3) is 0.235. The Bertz CT molecular complexity index is 666. The molecule has 0 unspecified atom stereocenters. The van der Waals surface area contributed by atoms with E-state index in [4.69, 9.17) is 20.6 Å². The first-order valence-corrected chi connectivity index (χ1v) is 6.72. The van der Waals surface area contributed by atoms with E-state index in [0.29, 0.717) is 6.61 Å². The van der Waals surface area contributed by atoms with Gasteiger partial charge in [-0.25, -0.2) is 0 Å². The molecule has 0 saturated carbocycles. The van der Waals surface area contributed by atoms with Gasteiger partial charge in [-0.15, -0.1) is 0 Å². The summed E-state index contributed by atoms with van der Waals surface area (Å²) in [5, 5.41) is 7.47. The molecular weight excluding hydrogens is 264 g/mol. The third kappa shape index (κ3) is 3.54. The van der Waals surface area contributed by atoms with Crippen molar-refractivity contribution in [3.8, 4) is 11.5 Å². The average Bonchev–Trinajstić information content (AvgIpc) is 2.45. The van der Waals surface area contributed by atoms with E-state index < -0.39 is 0 Å². The Morgan fingerprint density at radius 3 is 2.43 bits per heavy atom. The second kappa shape index (κ2) is 6.31. The molecule has 4 nitrogen and oxygen atoms in total. The van der Waals surface area contributed by atoms with Gasteiger partial charge in [0.2, 0.25) is 0 Å². The zero-order valence-electron chi connectivity index (χ0n) is 12.6. The summed E-state index contributed by atoms with van der Waals surface area (Å²) in [6.07, 6.45) is 0. The van der Waals surface area contributed by atoms with Crippen LogP contribution in [-0.2, 0) is 6.61 Å². The Kier molecular flexibility index (Phi) is 4.48. The molecule has 0 saturated heterocycles. The summed E-state index contributed by atoms with van der Waals surface area (Å²) in [6.45, 7) is 4.42. The van der Waals surface area contributed by atoms with Crippen molar-refractivity contribution in [1.29, 1.82) is 5.41 Å². The Balaban J connectivity index is 2.08. The van der Waals surface area contributed by atoms with Crippen LogP contribution in [0.3, 0.4) is 0 Å². The van der Waals surface area contributed by atoms with Crippen molar-refractivity contribution in [2.45, 2.75) is 20.5 Å². The van der Waals surface area contributed by atoms with E-state index in [2.05, 4.69) is 6.07 Å². The second-order valence-corrected chi connectivity index (χ2v) is 4.98. The van der Waals surface area contributed by atoms with Crippen LogP contribution >= 0.6 is 0 Å². The number of aryl methyl sites for hydroxylation is 2. The maximum atomic E-state index is 7.47. The molecule has 0 bridgehead atoms. The molecule has 0 aliphatic heterocycles. The molecule has 0 aromatic heterocycles. The monoisotopic (exact) mass is 284 g/mol. The van der Waals surface area contributed by atoms with Crippen molar-refractivity contribution in [1.82, 2.24) is 0 Å². The smallest absolute Gasteiger partial charge is 0.123 e. The molecule has 0 heterocycles. The largest absolute Gasteiger partial charge is 0.496 e. The van der Waals surface area contributed by atoms with Gasteiger partial charge < -0.3 is 15.2 Å². The zero-order chi connectivity index (χ0) is 15.4. The number of nitrogens with two attached hydrogens (primary N) is 1. The number of hydrogen-bond acceptors (Lipinski definition) is 3. The predicted octanol–water partition coefficient (Wildman–Crippen LogP) is 3.18. The van der Waals surface area contributed by atoms with Gasteiger partial charge in [-0.3, -0.25) is 5.41 Å². The highest BCUT2D eigenvalue weighted by molar-refractivity contribution is 5.96. The Hall–Kier alpha value is -2.49. The van der Waals surface area contributed by atoms with E-state index >= 15 is 0 Å². The fourth-order valence-electron chi connectivity index (χ4n) is 2.23. The minimum Gasteiger partial charge on any atom is -0.496 e. The maximum Gasteiger partial charge on any atom is 0.123 e. The number of amidine groups is 1. The summed E-state index contributed by atoms with van der Waals surface area (Å²) in [5.41, 5.74) is 9.35. The Morgan fingerprint density at radius 2 is 1.86 bits per heavy atom. The SMILES string of the molecule is COc1ccc(COc2ccc(C(=N)N)c(C)c2)cc1C. The van der Waals surface area contributed by atoms with Gasteiger partial charge in [0.25, 0.3) is 0 Å². The number of rotatable bonds is 5. The lowest BCUT2D eigenvalue weighted by Crippen LogP contribution is -2.12. The first-order chi connectivity index (χ1) is 10.0. The standard InChI is InChI=1S/C17H20N2O2/c1-11-9-14(5-6-15(11)17(18)19)21-10-13-4-7-16(20-3)12(2)8-13/h4-9H,10H2,1-3H3,(H3,18,19). The van der Waals surface area contributed by atoms with Crippen LogP contribution in [-0.4, -0.2) is 12.9 Å². The highest BCUT2D eigenvalue weighted by Gasteiger charge is 2.05. The molecule has 2 aromatic rings. The number of methoxy groups -OCH3 is 1. The van der Waals surface area contributed by atoms with E-state index in [1.807, 2.05) is 44.2 Å². The highest BCUT2D eigenvalue weighted by Crippen LogP contribution is 2.21. The number of nitrogens with one attached hydrogen (secondary N) is 1. The van der Waals surface area contributed by atoms with Gasteiger partial charge in [0.15, 0.2) is 0 Å². The number of nitrogen functional groups attached to an aromatic ring is 1. The maximum absolute atomic E-state index is 7.47. The number of benzene rings is 2. The third-order valence-corrected chi connectivity index (χ3v) is 3.35. The summed E-state index contributed by atoms with van der Waals surface area (Å²) in [5.74, 6) is 1.72. The van der Waals surface area contributed by atoms with Gasteiger partial charge in [0.1, 0.15) is 23.9 Å². The van der Waals surface area contributed by atoms with Gasteiger partial charge in [0.05, 0.1) is 7.11 Å². The minimum absolute atomic E-state index is 0.0739. The van der Waals surface area contributed by atoms with E-state index in [1.165, 1.54) is 0 Å². The second-order valence-electron chi connectivity index (χ2n) is 4.98. The molecule has 0 atom stereocenters. The summed E-state index contributed by atoms with van der Waals surface area (Å²) < 4.78 is 11.0. The molecule has 0 aliphatic rings. The molecule has 0 fully saturated rings. The summed E-state index contributed by atoms with van der Waals surface area (Å²) >= 11 is 0.